The van der Waals surface area contributed by atoms with Gasteiger partial charge < -0.3 is 9.80 Å². The van der Waals surface area contributed by atoms with Gasteiger partial charge in [0.2, 0.25) is 0 Å². The molecule has 0 aliphatic carbocycles. The molecule has 4 aromatic rings. The van der Waals surface area contributed by atoms with Gasteiger partial charge in [-0.3, -0.25) is 19.7 Å². The van der Waals surface area contributed by atoms with Gasteiger partial charge in [-0.05, 0) is 48.8 Å². The Morgan fingerprint density at radius 1 is 0.875 bits per heavy atom. The van der Waals surface area contributed by atoms with Gasteiger partial charge in [-0.25, -0.2) is 4.98 Å². The Morgan fingerprint density at radius 3 is 2.47 bits per heavy atom. The first-order valence-electron chi connectivity index (χ1n) is 10.7. The molecule has 0 aromatic carbocycles. The summed E-state index contributed by atoms with van der Waals surface area (Å²) in [5, 5.41) is 1.96. The van der Waals surface area contributed by atoms with E-state index in [1.165, 1.54) is 0 Å². The van der Waals surface area contributed by atoms with Crippen molar-refractivity contribution in [1.29, 1.82) is 0 Å². The molecule has 0 bridgehead atoms. The zero-order valence-electron chi connectivity index (χ0n) is 18.0. The zero-order chi connectivity index (χ0) is 21.9. The van der Waals surface area contributed by atoms with Crippen LogP contribution in [-0.4, -0.2) is 63.8 Å². The molecule has 160 valence electrons. The summed E-state index contributed by atoms with van der Waals surface area (Å²) in [6.45, 7) is 3.83. The Hall–Kier alpha value is -3.71. The van der Waals surface area contributed by atoms with E-state index in [1.807, 2.05) is 36.5 Å². The highest BCUT2D eigenvalue weighted by Gasteiger charge is 2.17. The molecule has 5 heterocycles. The molecule has 0 saturated carbocycles. The minimum atomic E-state index is 0.0399. The third-order valence-corrected chi connectivity index (χ3v) is 5.87. The molecule has 7 heteroatoms. The quantitative estimate of drug-likeness (QED) is 0.455. The standard InChI is InChI=1S/C25H24N6O/c1-30-8-10-31(11-9-30)25-14-19(4-7-27-25)24(32)15-22-12-20-13-23(18-2-5-26-6-3-18)29-17-21(20)16-28-22/h2-7,12-14,16-17H,8-11,15H2,1H3. The van der Waals surface area contributed by atoms with E-state index in [0.717, 1.165) is 59.7 Å². The number of rotatable bonds is 5. The second kappa shape index (κ2) is 8.80. The molecule has 7 nitrogen and oxygen atoms in total. The second-order valence-electron chi connectivity index (χ2n) is 8.12. The molecule has 1 aliphatic rings. The van der Waals surface area contributed by atoms with Gasteiger partial charge in [-0.2, -0.15) is 0 Å². The fraction of sp³-hybridized carbons (Fsp3) is 0.240. The number of hydrogen-bond donors (Lipinski definition) is 0. The van der Waals surface area contributed by atoms with Gasteiger partial charge in [0, 0.05) is 79.4 Å². The first kappa shape index (κ1) is 20.2. The number of fused-ring (bicyclic) bond motifs is 1. The number of carbonyl (C=O) groups excluding carboxylic acids is 1. The summed E-state index contributed by atoms with van der Waals surface area (Å²) >= 11 is 0. The molecule has 32 heavy (non-hydrogen) atoms. The Morgan fingerprint density at radius 2 is 1.66 bits per heavy atom. The molecule has 5 rings (SSSR count). The molecule has 0 amide bonds. The molecule has 0 unspecified atom stereocenters. The monoisotopic (exact) mass is 424 g/mol. The number of Topliss-reactive ketones (excluding diaryl/α,β-unsaturated/α-hetero) is 1. The Labute approximate surface area is 186 Å². The lowest BCUT2D eigenvalue weighted by atomic mass is 10.0. The van der Waals surface area contributed by atoms with Crippen molar-refractivity contribution in [2.24, 2.45) is 0 Å². The van der Waals surface area contributed by atoms with E-state index in [0.29, 0.717) is 5.56 Å². The van der Waals surface area contributed by atoms with E-state index >= 15 is 0 Å². The maximum absolute atomic E-state index is 13.0. The summed E-state index contributed by atoms with van der Waals surface area (Å²) in [5.41, 5.74) is 3.29. The number of likely N-dealkylation sites (N-methyl/N-ethyl adjacent to an activating group) is 1. The van der Waals surface area contributed by atoms with E-state index in [9.17, 15) is 4.79 Å². The van der Waals surface area contributed by atoms with Crippen LogP contribution in [-0.2, 0) is 6.42 Å². The molecule has 4 aromatic heterocycles. The maximum atomic E-state index is 13.0. The Bertz CT molecular complexity index is 1250. The van der Waals surface area contributed by atoms with Gasteiger partial charge in [0.15, 0.2) is 5.78 Å². The van der Waals surface area contributed by atoms with E-state index in [1.54, 1.807) is 30.9 Å². The second-order valence-corrected chi connectivity index (χ2v) is 8.12. The number of piperazine rings is 1. The van der Waals surface area contributed by atoms with Gasteiger partial charge in [-0.1, -0.05) is 0 Å². The maximum Gasteiger partial charge on any atom is 0.169 e. The van der Waals surface area contributed by atoms with E-state index in [4.69, 9.17) is 0 Å². The molecule has 0 spiro atoms. The van der Waals surface area contributed by atoms with Crippen molar-refractivity contribution in [3.63, 3.8) is 0 Å². The van der Waals surface area contributed by atoms with Crippen LogP contribution in [0.25, 0.3) is 22.0 Å². The smallest absolute Gasteiger partial charge is 0.169 e. The number of ketones is 1. The van der Waals surface area contributed by atoms with Crippen LogP contribution in [0.3, 0.4) is 0 Å². The average molecular weight is 425 g/mol. The van der Waals surface area contributed by atoms with Crippen molar-refractivity contribution >= 4 is 22.4 Å². The normalized spacial score (nSPS) is 14.6. The van der Waals surface area contributed by atoms with Crippen LogP contribution in [0.2, 0.25) is 0 Å². The summed E-state index contributed by atoms with van der Waals surface area (Å²) in [5.74, 6) is 0.904. The number of anilines is 1. The van der Waals surface area contributed by atoms with Gasteiger partial charge in [-0.15, -0.1) is 0 Å². The van der Waals surface area contributed by atoms with Crippen LogP contribution >= 0.6 is 0 Å². The molecule has 1 fully saturated rings. The van der Waals surface area contributed by atoms with Crippen LogP contribution < -0.4 is 4.90 Å². The number of nitrogens with zero attached hydrogens (tertiary/aromatic N) is 6. The largest absolute Gasteiger partial charge is 0.354 e. The van der Waals surface area contributed by atoms with Crippen molar-refractivity contribution in [1.82, 2.24) is 24.8 Å². The number of pyridine rings is 4. The summed E-state index contributed by atoms with van der Waals surface area (Å²) < 4.78 is 0. The first-order valence-corrected chi connectivity index (χ1v) is 10.7. The van der Waals surface area contributed by atoms with Crippen molar-refractivity contribution < 1.29 is 4.79 Å². The summed E-state index contributed by atoms with van der Waals surface area (Å²) in [6.07, 6.45) is 9.07. The van der Waals surface area contributed by atoms with Crippen LogP contribution in [0.15, 0.2) is 67.4 Å². The highest BCUT2D eigenvalue weighted by molar-refractivity contribution is 5.98. The van der Waals surface area contributed by atoms with Crippen molar-refractivity contribution in [3.8, 4) is 11.3 Å². The molecule has 0 radical (unpaired) electrons. The van der Waals surface area contributed by atoms with E-state index < -0.39 is 0 Å². The van der Waals surface area contributed by atoms with Gasteiger partial charge in [0.05, 0.1) is 12.1 Å². The number of aromatic nitrogens is 4. The molecule has 0 N–H and O–H groups in total. The number of hydrogen-bond acceptors (Lipinski definition) is 7. The van der Waals surface area contributed by atoms with Crippen molar-refractivity contribution in [3.05, 3.63) is 78.6 Å². The van der Waals surface area contributed by atoms with Crippen LogP contribution in [0.5, 0.6) is 0 Å². The van der Waals surface area contributed by atoms with Gasteiger partial charge in [0.1, 0.15) is 5.82 Å². The van der Waals surface area contributed by atoms with Crippen molar-refractivity contribution in [2.45, 2.75) is 6.42 Å². The lowest BCUT2D eigenvalue weighted by molar-refractivity contribution is 0.0992. The highest BCUT2D eigenvalue weighted by atomic mass is 16.1. The fourth-order valence-corrected chi connectivity index (χ4v) is 3.93. The van der Waals surface area contributed by atoms with Crippen LogP contribution in [0, 0.1) is 0 Å². The van der Waals surface area contributed by atoms with E-state index in [-0.39, 0.29) is 12.2 Å². The number of carbonyl (C=O) groups is 1. The van der Waals surface area contributed by atoms with E-state index in [2.05, 4.69) is 36.8 Å². The van der Waals surface area contributed by atoms with Gasteiger partial charge >= 0.3 is 0 Å². The fourth-order valence-electron chi connectivity index (χ4n) is 3.93. The lowest BCUT2D eigenvalue weighted by Gasteiger charge is -2.33. The lowest BCUT2D eigenvalue weighted by Crippen LogP contribution is -2.44. The minimum Gasteiger partial charge on any atom is -0.354 e. The molecule has 0 atom stereocenters. The van der Waals surface area contributed by atoms with Gasteiger partial charge in [0.25, 0.3) is 0 Å². The third kappa shape index (κ3) is 4.33. The minimum absolute atomic E-state index is 0.0399. The summed E-state index contributed by atoms with van der Waals surface area (Å²) in [6, 6.07) is 11.6. The Kier molecular flexibility index (Phi) is 5.56. The molecular formula is C25H24N6O. The summed E-state index contributed by atoms with van der Waals surface area (Å²) in [4.78, 5) is 35.1. The Balaban J connectivity index is 1.36. The zero-order valence-corrected chi connectivity index (χ0v) is 18.0. The first-order chi connectivity index (χ1) is 15.7. The third-order valence-electron chi connectivity index (χ3n) is 5.87. The summed E-state index contributed by atoms with van der Waals surface area (Å²) in [7, 11) is 2.12. The van der Waals surface area contributed by atoms with Crippen LogP contribution in [0.4, 0.5) is 5.82 Å². The topological polar surface area (TPSA) is 75.1 Å². The molecule has 1 saturated heterocycles. The van der Waals surface area contributed by atoms with Crippen molar-refractivity contribution in [2.75, 3.05) is 38.1 Å². The van der Waals surface area contributed by atoms with Crippen LogP contribution in [0.1, 0.15) is 16.1 Å². The molecular weight excluding hydrogens is 400 g/mol. The predicted octanol–water partition coefficient (Wildman–Crippen LogP) is 3.26. The molecule has 1 aliphatic heterocycles. The predicted molar refractivity (Wildman–Crippen MR) is 125 cm³/mol. The highest BCUT2D eigenvalue weighted by Crippen LogP contribution is 2.22. The SMILES string of the molecule is CN1CCN(c2cc(C(=O)Cc3cc4cc(-c5ccncc5)ncc4cn3)ccn2)CC1. The average Bonchev–Trinajstić information content (AvgIpc) is 2.84.